The van der Waals surface area contributed by atoms with Gasteiger partial charge >= 0.3 is 5.97 Å². The van der Waals surface area contributed by atoms with Crippen molar-refractivity contribution < 1.29 is 9.53 Å². The Morgan fingerprint density at radius 1 is 1.62 bits per heavy atom. The number of carbonyl (C=O) groups is 1. The minimum atomic E-state index is -0.347. The molecule has 1 unspecified atom stereocenters. The Morgan fingerprint density at radius 3 is 2.00 bits per heavy atom. The molecule has 0 aromatic rings. The molecule has 0 rings (SSSR count). The summed E-state index contributed by atoms with van der Waals surface area (Å²) in [5.74, 6) is -0.347. The smallest absolute Gasteiger partial charge is 0.332 e. The number of ether oxygens (including phenoxy) is 1. The van der Waals surface area contributed by atoms with Gasteiger partial charge in [0, 0.05) is 5.57 Å². The van der Waals surface area contributed by atoms with Crippen LogP contribution in [0.3, 0.4) is 0 Å². The summed E-state index contributed by atoms with van der Waals surface area (Å²) in [4.78, 5) is 10.2. The van der Waals surface area contributed by atoms with Crippen LogP contribution in [0.25, 0.3) is 0 Å². The van der Waals surface area contributed by atoms with Crippen molar-refractivity contribution in [2.45, 2.75) is 6.92 Å². The first-order valence-electron chi connectivity index (χ1n) is 1.92. The van der Waals surface area contributed by atoms with Gasteiger partial charge in [0.2, 0.25) is 0 Å². The van der Waals surface area contributed by atoms with E-state index in [9.17, 15) is 4.79 Å². The summed E-state index contributed by atoms with van der Waals surface area (Å²) in [6.45, 7) is 4.95. The van der Waals surface area contributed by atoms with Crippen LogP contribution in [0.5, 0.6) is 0 Å². The molecule has 0 aliphatic heterocycles. The Morgan fingerprint density at radius 2 is 2.00 bits per heavy atom. The van der Waals surface area contributed by atoms with Crippen LogP contribution < -0.4 is 0 Å². The highest BCUT2D eigenvalue weighted by atomic mass is 31.0. The zero-order valence-electron chi connectivity index (χ0n) is 5.23. The lowest BCUT2D eigenvalue weighted by Gasteiger charge is -1.91. The molecular formula is C5H11O2P. The van der Waals surface area contributed by atoms with Crippen molar-refractivity contribution in [2.75, 3.05) is 7.11 Å². The lowest BCUT2D eigenvalue weighted by atomic mass is 10.4. The van der Waals surface area contributed by atoms with Gasteiger partial charge in [-0.05, 0) is 6.92 Å². The fourth-order valence-electron chi connectivity index (χ4n) is 0.174. The maximum Gasteiger partial charge on any atom is 0.332 e. The second-order valence-corrected chi connectivity index (χ2v) is 1.27. The molecule has 1 atom stereocenters. The van der Waals surface area contributed by atoms with E-state index in [2.05, 4.69) is 11.3 Å². The summed E-state index contributed by atoms with van der Waals surface area (Å²) < 4.78 is 4.27. The Balaban J connectivity index is 0. The van der Waals surface area contributed by atoms with Gasteiger partial charge in [0.15, 0.2) is 0 Å². The molecule has 0 bridgehead atoms. The molecule has 0 saturated carbocycles. The minimum Gasteiger partial charge on any atom is -0.466 e. The van der Waals surface area contributed by atoms with Gasteiger partial charge in [0.25, 0.3) is 0 Å². The zero-order valence-corrected chi connectivity index (χ0v) is 6.64. The van der Waals surface area contributed by atoms with Crippen LogP contribution in [-0.4, -0.2) is 13.1 Å². The Labute approximate surface area is 52.5 Å². The van der Waals surface area contributed by atoms with Gasteiger partial charge in [-0.25, -0.2) is 4.79 Å². The van der Waals surface area contributed by atoms with Gasteiger partial charge in [0.1, 0.15) is 0 Å². The van der Waals surface area contributed by atoms with Gasteiger partial charge in [0.05, 0.1) is 7.11 Å². The molecule has 0 saturated heterocycles. The predicted molar refractivity (Wildman–Crippen MR) is 37.9 cm³/mol. The molecule has 0 aliphatic rings. The third-order valence-corrected chi connectivity index (χ3v) is 0.534. The topological polar surface area (TPSA) is 26.3 Å². The highest BCUT2D eigenvalue weighted by molar-refractivity contribution is 6.92. The summed E-state index contributed by atoms with van der Waals surface area (Å²) in [5.41, 5.74) is 0.433. The first-order chi connectivity index (χ1) is 3.18. The molecule has 0 fully saturated rings. The highest BCUT2D eigenvalue weighted by Gasteiger charge is 1.95. The Hall–Kier alpha value is -0.360. The summed E-state index contributed by atoms with van der Waals surface area (Å²) in [7, 11) is 1.33. The van der Waals surface area contributed by atoms with Crippen LogP contribution in [0, 0.1) is 0 Å². The average molecular weight is 134 g/mol. The summed E-state index contributed by atoms with van der Waals surface area (Å²) in [6.07, 6.45) is 0. The normalized spacial score (nSPS) is 6.75. The fourth-order valence-corrected chi connectivity index (χ4v) is 0.174. The third-order valence-electron chi connectivity index (χ3n) is 0.534. The van der Waals surface area contributed by atoms with E-state index in [-0.39, 0.29) is 15.9 Å². The van der Waals surface area contributed by atoms with E-state index in [0.29, 0.717) is 5.57 Å². The summed E-state index contributed by atoms with van der Waals surface area (Å²) in [6, 6.07) is 0. The predicted octanol–water partition coefficient (Wildman–Crippen LogP) is 0.794. The molecule has 2 nitrogen and oxygen atoms in total. The van der Waals surface area contributed by atoms with E-state index < -0.39 is 0 Å². The molecule has 0 N–H and O–H groups in total. The molecule has 0 spiro atoms. The molecular weight excluding hydrogens is 123 g/mol. The fraction of sp³-hybridized carbons (Fsp3) is 0.400. The van der Waals surface area contributed by atoms with Gasteiger partial charge in [-0.2, -0.15) is 9.90 Å². The lowest BCUT2D eigenvalue weighted by molar-refractivity contribution is -0.135. The number of methoxy groups -OCH3 is 1. The number of hydrogen-bond donors (Lipinski definition) is 0. The Bertz CT molecular complexity index is 98.6. The molecule has 0 radical (unpaired) electrons. The van der Waals surface area contributed by atoms with Crippen molar-refractivity contribution in [1.29, 1.82) is 0 Å². The summed E-state index contributed by atoms with van der Waals surface area (Å²) in [5, 5.41) is 0. The maximum atomic E-state index is 10.2. The highest BCUT2D eigenvalue weighted by Crippen LogP contribution is 1.87. The maximum absolute atomic E-state index is 10.2. The number of esters is 1. The molecule has 3 heteroatoms. The van der Waals surface area contributed by atoms with Crippen LogP contribution in [-0.2, 0) is 9.53 Å². The van der Waals surface area contributed by atoms with Crippen molar-refractivity contribution in [3.63, 3.8) is 0 Å². The van der Waals surface area contributed by atoms with E-state index in [4.69, 9.17) is 0 Å². The third kappa shape index (κ3) is 3.82. The van der Waals surface area contributed by atoms with E-state index in [1.165, 1.54) is 7.11 Å². The van der Waals surface area contributed by atoms with Crippen LogP contribution in [0.4, 0.5) is 0 Å². The quantitative estimate of drug-likeness (QED) is 0.301. The number of hydrogen-bond acceptors (Lipinski definition) is 2. The van der Waals surface area contributed by atoms with E-state index in [0.717, 1.165) is 0 Å². The first-order valence-corrected chi connectivity index (χ1v) is 1.92. The largest absolute Gasteiger partial charge is 0.466 e. The van der Waals surface area contributed by atoms with Crippen molar-refractivity contribution in [3.8, 4) is 0 Å². The van der Waals surface area contributed by atoms with Crippen molar-refractivity contribution in [1.82, 2.24) is 0 Å². The molecule has 0 amide bonds. The van der Waals surface area contributed by atoms with E-state index in [1.54, 1.807) is 6.92 Å². The second-order valence-electron chi connectivity index (χ2n) is 1.27. The molecule has 8 heavy (non-hydrogen) atoms. The minimum absolute atomic E-state index is 0. The molecule has 0 aromatic carbocycles. The lowest BCUT2D eigenvalue weighted by Crippen LogP contribution is -1.98. The molecule has 48 valence electrons. The van der Waals surface area contributed by atoms with Crippen molar-refractivity contribution in [2.24, 2.45) is 0 Å². The first kappa shape index (κ1) is 10.6. The van der Waals surface area contributed by atoms with Crippen LogP contribution in [0.2, 0.25) is 0 Å². The van der Waals surface area contributed by atoms with E-state index >= 15 is 0 Å². The SMILES string of the molecule is C=C(C)C(=O)OC.P. The Kier molecular flexibility index (Phi) is 6.34. The zero-order chi connectivity index (χ0) is 5.86. The second kappa shape index (κ2) is 4.79. The van der Waals surface area contributed by atoms with Gasteiger partial charge in [-0.15, -0.1) is 0 Å². The molecule has 0 aromatic heterocycles. The van der Waals surface area contributed by atoms with Crippen LogP contribution >= 0.6 is 9.90 Å². The molecule has 0 aliphatic carbocycles. The van der Waals surface area contributed by atoms with E-state index in [1.807, 2.05) is 0 Å². The van der Waals surface area contributed by atoms with Crippen molar-refractivity contribution >= 4 is 15.9 Å². The van der Waals surface area contributed by atoms with Gasteiger partial charge in [-0.1, -0.05) is 6.58 Å². The van der Waals surface area contributed by atoms with Crippen LogP contribution in [0.1, 0.15) is 6.92 Å². The number of rotatable bonds is 1. The molecule has 0 heterocycles. The van der Waals surface area contributed by atoms with Crippen molar-refractivity contribution in [3.05, 3.63) is 12.2 Å². The standard InChI is InChI=1S/C5H8O2.H3P/c1-4(2)5(6)7-3;/h1H2,2-3H3;1H3. The van der Waals surface area contributed by atoms with Gasteiger partial charge in [-0.3, -0.25) is 0 Å². The number of carbonyl (C=O) groups excluding carboxylic acids is 1. The monoisotopic (exact) mass is 134 g/mol. The summed E-state index contributed by atoms with van der Waals surface area (Å²) >= 11 is 0. The van der Waals surface area contributed by atoms with Crippen LogP contribution in [0.15, 0.2) is 12.2 Å². The average Bonchev–Trinajstić information content (AvgIpc) is 1.65. The van der Waals surface area contributed by atoms with Gasteiger partial charge < -0.3 is 4.74 Å².